The van der Waals surface area contributed by atoms with Crippen molar-refractivity contribution < 1.29 is 22.8 Å². The summed E-state index contributed by atoms with van der Waals surface area (Å²) in [6.07, 6.45) is -6.48. The Morgan fingerprint density at radius 2 is 2.16 bits per heavy atom. The van der Waals surface area contributed by atoms with E-state index in [0.717, 1.165) is 5.56 Å². The van der Waals surface area contributed by atoms with Crippen LogP contribution in [0, 0.1) is 6.92 Å². The van der Waals surface area contributed by atoms with Gasteiger partial charge in [-0.2, -0.15) is 18.2 Å². The minimum absolute atomic E-state index is 0.0908. The topological polar surface area (TPSA) is 72.0 Å². The predicted octanol–water partition coefficient (Wildman–Crippen LogP) is 1.91. The van der Waals surface area contributed by atoms with E-state index in [1.807, 2.05) is 6.92 Å². The molecule has 1 unspecified atom stereocenters. The molecule has 0 aliphatic rings. The van der Waals surface area contributed by atoms with Gasteiger partial charge in [0.2, 0.25) is 11.7 Å². The molecule has 1 N–H and O–H groups in total. The van der Waals surface area contributed by atoms with Gasteiger partial charge < -0.3 is 9.63 Å². The predicted molar refractivity (Wildman–Crippen MR) is 58.0 cm³/mol. The Hall–Kier alpha value is -1.96. The molecule has 8 heteroatoms. The quantitative estimate of drug-likeness (QED) is 0.924. The number of aliphatic hydroxyl groups is 1. The van der Waals surface area contributed by atoms with Crippen molar-refractivity contribution in [3.63, 3.8) is 0 Å². The van der Waals surface area contributed by atoms with E-state index < -0.39 is 18.7 Å². The Bertz CT molecular complexity index is 568. The van der Waals surface area contributed by atoms with Crippen LogP contribution >= 0.6 is 0 Å². The van der Waals surface area contributed by atoms with Crippen LogP contribution in [-0.4, -0.2) is 32.5 Å². The van der Waals surface area contributed by atoms with Crippen LogP contribution in [0.4, 0.5) is 13.2 Å². The summed E-state index contributed by atoms with van der Waals surface area (Å²) in [5.74, 6) is -0.198. The highest BCUT2D eigenvalue weighted by molar-refractivity contribution is 5.48. The smallest absolute Gasteiger partial charge is 0.383 e. The number of nitrogens with zero attached hydrogens (tertiary/aromatic N) is 3. The van der Waals surface area contributed by atoms with Gasteiger partial charge in [-0.15, -0.1) is 0 Å². The first-order valence-corrected chi connectivity index (χ1v) is 5.36. The third-order valence-corrected chi connectivity index (χ3v) is 2.36. The SMILES string of the molecule is Cc1ccnc(-c2noc(CC(O)C(F)(F)F)n2)c1. The van der Waals surface area contributed by atoms with E-state index in [-0.39, 0.29) is 11.7 Å². The molecule has 0 saturated heterocycles. The summed E-state index contributed by atoms with van der Waals surface area (Å²) in [7, 11) is 0. The summed E-state index contributed by atoms with van der Waals surface area (Å²) in [6.45, 7) is 1.83. The molecule has 0 radical (unpaired) electrons. The molecule has 19 heavy (non-hydrogen) atoms. The van der Waals surface area contributed by atoms with Crippen LogP contribution in [0.25, 0.3) is 11.5 Å². The molecule has 0 aliphatic heterocycles. The molecule has 0 aromatic carbocycles. The number of hydrogen-bond donors (Lipinski definition) is 1. The highest BCUT2D eigenvalue weighted by atomic mass is 19.4. The molecule has 0 aliphatic carbocycles. The maximum atomic E-state index is 12.2. The largest absolute Gasteiger partial charge is 0.414 e. The first-order valence-electron chi connectivity index (χ1n) is 5.36. The van der Waals surface area contributed by atoms with Gasteiger partial charge in [-0.1, -0.05) is 5.16 Å². The second-order valence-corrected chi connectivity index (χ2v) is 3.99. The van der Waals surface area contributed by atoms with Crippen LogP contribution in [0.5, 0.6) is 0 Å². The van der Waals surface area contributed by atoms with Crippen molar-refractivity contribution in [2.45, 2.75) is 25.6 Å². The van der Waals surface area contributed by atoms with Gasteiger partial charge in [0.25, 0.3) is 0 Å². The molecule has 2 aromatic rings. The van der Waals surface area contributed by atoms with Gasteiger partial charge in [-0.25, -0.2) is 0 Å². The van der Waals surface area contributed by atoms with Crippen molar-refractivity contribution in [1.82, 2.24) is 15.1 Å². The van der Waals surface area contributed by atoms with Crippen LogP contribution in [0.1, 0.15) is 11.5 Å². The number of aliphatic hydroxyl groups excluding tert-OH is 1. The van der Waals surface area contributed by atoms with Crippen LogP contribution in [0.15, 0.2) is 22.9 Å². The van der Waals surface area contributed by atoms with Crippen LogP contribution in [-0.2, 0) is 6.42 Å². The summed E-state index contributed by atoms with van der Waals surface area (Å²) in [4.78, 5) is 7.76. The Morgan fingerprint density at radius 1 is 1.42 bits per heavy atom. The lowest BCUT2D eigenvalue weighted by molar-refractivity contribution is -0.204. The minimum atomic E-state index is -4.71. The zero-order valence-corrected chi connectivity index (χ0v) is 9.85. The second-order valence-electron chi connectivity index (χ2n) is 3.99. The van der Waals surface area contributed by atoms with Crippen molar-refractivity contribution in [3.8, 4) is 11.5 Å². The molecular formula is C11H10F3N3O2. The van der Waals surface area contributed by atoms with Gasteiger partial charge in [-0.05, 0) is 24.6 Å². The van der Waals surface area contributed by atoms with Crippen molar-refractivity contribution >= 4 is 0 Å². The van der Waals surface area contributed by atoms with E-state index in [1.54, 1.807) is 12.1 Å². The molecule has 2 aromatic heterocycles. The first-order chi connectivity index (χ1) is 8.86. The molecule has 0 fully saturated rings. The Balaban J connectivity index is 2.16. The molecule has 0 spiro atoms. The zero-order valence-electron chi connectivity index (χ0n) is 9.85. The number of rotatable bonds is 3. The average Bonchev–Trinajstić information content (AvgIpc) is 2.76. The molecule has 102 valence electrons. The van der Waals surface area contributed by atoms with Crippen LogP contribution in [0.2, 0.25) is 0 Å². The number of hydrogen-bond acceptors (Lipinski definition) is 5. The maximum Gasteiger partial charge on any atom is 0.414 e. The second kappa shape index (κ2) is 4.96. The fourth-order valence-electron chi connectivity index (χ4n) is 1.38. The van der Waals surface area contributed by atoms with Crippen molar-refractivity contribution in [3.05, 3.63) is 29.8 Å². The number of pyridine rings is 1. The van der Waals surface area contributed by atoms with E-state index >= 15 is 0 Å². The summed E-state index contributed by atoms with van der Waals surface area (Å²) in [6, 6.07) is 3.44. The van der Waals surface area contributed by atoms with Crippen molar-refractivity contribution in [2.24, 2.45) is 0 Å². The molecule has 0 amide bonds. The van der Waals surface area contributed by atoms with Gasteiger partial charge in [0, 0.05) is 6.20 Å². The van der Waals surface area contributed by atoms with Crippen molar-refractivity contribution in [1.29, 1.82) is 0 Å². The van der Waals surface area contributed by atoms with E-state index in [4.69, 9.17) is 5.11 Å². The monoisotopic (exact) mass is 273 g/mol. The summed E-state index contributed by atoms with van der Waals surface area (Å²) >= 11 is 0. The lowest BCUT2D eigenvalue weighted by Gasteiger charge is -2.11. The molecule has 2 heterocycles. The van der Waals surface area contributed by atoms with E-state index in [2.05, 4.69) is 19.6 Å². The van der Waals surface area contributed by atoms with E-state index in [9.17, 15) is 13.2 Å². The van der Waals surface area contributed by atoms with Gasteiger partial charge in [0.1, 0.15) is 5.69 Å². The minimum Gasteiger partial charge on any atom is -0.383 e. The number of halogens is 3. The first kappa shape index (κ1) is 13.5. The van der Waals surface area contributed by atoms with Crippen molar-refractivity contribution in [2.75, 3.05) is 0 Å². The van der Waals surface area contributed by atoms with Gasteiger partial charge >= 0.3 is 6.18 Å². The Kier molecular flexibility index (Phi) is 3.52. The zero-order chi connectivity index (χ0) is 14.0. The Morgan fingerprint density at radius 3 is 2.79 bits per heavy atom. The Labute approximate surface area is 106 Å². The molecule has 5 nitrogen and oxygen atoms in total. The van der Waals surface area contributed by atoms with E-state index in [1.165, 1.54) is 6.20 Å². The normalized spacial score (nSPS) is 13.5. The van der Waals surface area contributed by atoms with Crippen LogP contribution < -0.4 is 0 Å². The summed E-state index contributed by atoms with van der Waals surface area (Å²) in [5.41, 5.74) is 1.31. The van der Waals surface area contributed by atoms with Gasteiger partial charge in [-0.3, -0.25) is 4.98 Å². The maximum absolute atomic E-state index is 12.2. The number of aromatic nitrogens is 3. The van der Waals surface area contributed by atoms with Gasteiger partial charge in [0.05, 0.1) is 6.42 Å². The highest BCUT2D eigenvalue weighted by Gasteiger charge is 2.39. The molecule has 0 saturated carbocycles. The molecular weight excluding hydrogens is 263 g/mol. The lowest BCUT2D eigenvalue weighted by atomic mass is 10.2. The fourth-order valence-corrected chi connectivity index (χ4v) is 1.38. The molecule has 1 atom stereocenters. The number of alkyl halides is 3. The molecule has 0 bridgehead atoms. The molecule has 2 rings (SSSR count). The summed E-state index contributed by atoms with van der Waals surface area (Å²) < 4.78 is 41.2. The summed E-state index contributed by atoms with van der Waals surface area (Å²) in [5, 5.41) is 12.4. The third-order valence-electron chi connectivity index (χ3n) is 2.36. The average molecular weight is 273 g/mol. The number of aryl methyl sites for hydroxylation is 1. The third kappa shape index (κ3) is 3.28. The van der Waals surface area contributed by atoms with Crippen LogP contribution in [0.3, 0.4) is 0 Å². The lowest BCUT2D eigenvalue weighted by Crippen LogP contribution is -2.30. The fraction of sp³-hybridized carbons (Fsp3) is 0.364. The van der Waals surface area contributed by atoms with E-state index in [0.29, 0.717) is 5.69 Å². The van der Waals surface area contributed by atoms with Gasteiger partial charge in [0.15, 0.2) is 6.10 Å². The highest BCUT2D eigenvalue weighted by Crippen LogP contribution is 2.23. The standard InChI is InChI=1S/C11H10F3N3O2/c1-6-2-3-15-7(4-6)10-16-9(19-17-10)5-8(18)11(12,13)14/h2-4,8,18H,5H2,1H3.